The number of aliphatic hydroxyl groups is 2. The van der Waals surface area contributed by atoms with E-state index >= 15 is 0 Å². The van der Waals surface area contributed by atoms with Crippen LogP contribution < -0.4 is 11.4 Å². The van der Waals surface area contributed by atoms with Crippen molar-refractivity contribution in [3.8, 4) is 0 Å². The summed E-state index contributed by atoms with van der Waals surface area (Å²) in [5.41, 5.74) is -0.560. The molecular formula is C12H11NO7. The molecule has 0 aliphatic rings. The average Bonchev–Trinajstić information content (AvgIpc) is 2.44. The smallest absolute Gasteiger partial charge is 0.419 e. The van der Waals surface area contributed by atoms with E-state index in [1.807, 2.05) is 0 Å². The van der Waals surface area contributed by atoms with Gasteiger partial charge in [0, 0.05) is 0 Å². The van der Waals surface area contributed by atoms with Crippen LogP contribution in [-0.4, -0.2) is 34.4 Å². The zero-order chi connectivity index (χ0) is 14.9. The van der Waals surface area contributed by atoms with Crippen LogP contribution in [0.2, 0.25) is 0 Å². The molecule has 20 heavy (non-hydrogen) atoms. The summed E-state index contributed by atoms with van der Waals surface area (Å²) in [5.74, 6) is -1.91. The van der Waals surface area contributed by atoms with Crippen LogP contribution in [0.25, 0.3) is 10.9 Å². The third-order valence-electron chi connectivity index (χ3n) is 2.77. The van der Waals surface area contributed by atoms with Gasteiger partial charge in [-0.2, -0.15) is 0 Å². The lowest BCUT2D eigenvalue weighted by atomic mass is 10.0. The Kier molecular flexibility index (Phi) is 3.68. The number of aromatic nitrogens is 1. The molecule has 8 heteroatoms. The molecule has 2 rings (SSSR count). The second-order valence-electron chi connectivity index (χ2n) is 4.02. The van der Waals surface area contributed by atoms with Crippen molar-refractivity contribution in [3.63, 3.8) is 0 Å². The minimum atomic E-state index is -1.78. The SMILES string of the molecule is COC(=O)C(O)C(O)c1ccc2[nH]c(=O)oc(=O)c2c1. The number of carbonyl (C=O) groups is 1. The van der Waals surface area contributed by atoms with Crippen LogP contribution in [0.1, 0.15) is 11.7 Å². The molecule has 0 fully saturated rings. The number of H-pyrrole nitrogens is 1. The third-order valence-corrected chi connectivity index (χ3v) is 2.77. The van der Waals surface area contributed by atoms with E-state index in [-0.39, 0.29) is 16.5 Å². The first kappa shape index (κ1) is 14.0. The van der Waals surface area contributed by atoms with Gasteiger partial charge in [-0.15, -0.1) is 0 Å². The Morgan fingerprint density at radius 2 is 2.05 bits per heavy atom. The van der Waals surface area contributed by atoms with E-state index in [0.717, 1.165) is 7.11 Å². The minimum Gasteiger partial charge on any atom is -0.467 e. The highest BCUT2D eigenvalue weighted by Gasteiger charge is 2.26. The number of nitrogens with one attached hydrogen (secondary N) is 1. The van der Waals surface area contributed by atoms with Crippen LogP contribution >= 0.6 is 0 Å². The number of methoxy groups -OCH3 is 1. The summed E-state index contributed by atoms with van der Waals surface area (Å²) in [7, 11) is 1.07. The van der Waals surface area contributed by atoms with E-state index in [2.05, 4.69) is 14.1 Å². The molecule has 2 atom stereocenters. The predicted molar refractivity (Wildman–Crippen MR) is 66.1 cm³/mol. The minimum absolute atomic E-state index is 0.0122. The lowest BCUT2D eigenvalue weighted by molar-refractivity contribution is -0.156. The highest BCUT2D eigenvalue weighted by atomic mass is 16.5. The maximum atomic E-state index is 11.5. The van der Waals surface area contributed by atoms with Crippen LogP contribution in [0.5, 0.6) is 0 Å². The molecule has 106 valence electrons. The molecule has 2 unspecified atom stereocenters. The first-order valence-electron chi connectivity index (χ1n) is 5.55. The van der Waals surface area contributed by atoms with Crippen molar-refractivity contribution >= 4 is 16.9 Å². The van der Waals surface area contributed by atoms with E-state index in [1.165, 1.54) is 18.2 Å². The van der Waals surface area contributed by atoms with Gasteiger partial charge in [-0.3, -0.25) is 4.98 Å². The summed E-state index contributed by atoms with van der Waals surface area (Å²) in [4.78, 5) is 35.9. The molecule has 0 saturated carbocycles. The first-order chi connectivity index (χ1) is 9.43. The molecule has 0 radical (unpaired) electrons. The zero-order valence-electron chi connectivity index (χ0n) is 10.3. The summed E-state index contributed by atoms with van der Waals surface area (Å²) in [6.45, 7) is 0. The molecule has 3 N–H and O–H groups in total. The van der Waals surface area contributed by atoms with Crippen molar-refractivity contribution in [2.75, 3.05) is 7.11 Å². The lowest BCUT2D eigenvalue weighted by Crippen LogP contribution is -2.29. The van der Waals surface area contributed by atoms with E-state index < -0.39 is 29.6 Å². The fraction of sp³-hybridized carbons (Fsp3) is 0.250. The molecular weight excluding hydrogens is 270 g/mol. The molecule has 0 amide bonds. The van der Waals surface area contributed by atoms with Crippen molar-refractivity contribution in [2.45, 2.75) is 12.2 Å². The standard InChI is InChI=1S/C12H11NO7/c1-19-11(17)9(15)8(14)5-2-3-7-6(4-5)10(16)20-12(18)13-7/h2-4,8-9,14-15H,1H3,(H,13,18). The fourth-order valence-corrected chi connectivity index (χ4v) is 1.73. The summed E-state index contributed by atoms with van der Waals surface area (Å²) < 4.78 is 8.66. The highest BCUT2D eigenvalue weighted by molar-refractivity contribution is 5.79. The topological polar surface area (TPSA) is 130 Å². The van der Waals surface area contributed by atoms with Crippen LogP contribution in [0.3, 0.4) is 0 Å². The molecule has 8 nitrogen and oxygen atoms in total. The quantitative estimate of drug-likeness (QED) is 0.618. The molecule has 0 spiro atoms. The number of benzene rings is 1. The van der Waals surface area contributed by atoms with Gasteiger partial charge < -0.3 is 19.4 Å². The lowest BCUT2D eigenvalue weighted by Gasteiger charge is -2.16. The van der Waals surface area contributed by atoms with Crippen molar-refractivity contribution in [1.82, 2.24) is 4.98 Å². The number of aliphatic hydroxyl groups excluding tert-OH is 2. The van der Waals surface area contributed by atoms with E-state index in [4.69, 9.17) is 0 Å². The summed E-state index contributed by atoms with van der Waals surface area (Å²) >= 11 is 0. The Hall–Kier alpha value is -2.45. The van der Waals surface area contributed by atoms with Gasteiger partial charge in [0.25, 0.3) is 0 Å². The molecule has 1 aromatic carbocycles. The van der Waals surface area contributed by atoms with Gasteiger partial charge in [-0.05, 0) is 17.7 Å². The molecule has 0 saturated heterocycles. The molecule has 2 aromatic rings. The van der Waals surface area contributed by atoms with E-state index in [1.54, 1.807) is 0 Å². The Bertz CT molecular complexity index is 760. The van der Waals surface area contributed by atoms with Crippen LogP contribution in [-0.2, 0) is 9.53 Å². The average molecular weight is 281 g/mol. The predicted octanol–water partition coefficient (Wildman–Crippen LogP) is -0.951. The van der Waals surface area contributed by atoms with Gasteiger partial charge in [0.2, 0.25) is 0 Å². The molecule has 1 heterocycles. The Labute approximate surface area is 111 Å². The summed E-state index contributed by atoms with van der Waals surface area (Å²) in [6, 6.07) is 3.93. The molecule has 0 aliphatic heterocycles. The number of rotatable bonds is 3. The Morgan fingerprint density at radius 1 is 1.35 bits per heavy atom. The van der Waals surface area contributed by atoms with Gasteiger partial charge in [0.1, 0.15) is 6.10 Å². The van der Waals surface area contributed by atoms with Crippen LogP contribution in [0.4, 0.5) is 0 Å². The van der Waals surface area contributed by atoms with Crippen LogP contribution in [0.15, 0.2) is 32.2 Å². The molecule has 0 bridgehead atoms. The van der Waals surface area contributed by atoms with Crippen molar-refractivity contribution in [1.29, 1.82) is 0 Å². The number of fused-ring (bicyclic) bond motifs is 1. The van der Waals surface area contributed by atoms with Gasteiger partial charge >= 0.3 is 17.4 Å². The first-order valence-corrected chi connectivity index (χ1v) is 5.55. The van der Waals surface area contributed by atoms with Gasteiger partial charge in [-0.25, -0.2) is 14.4 Å². The monoisotopic (exact) mass is 281 g/mol. The van der Waals surface area contributed by atoms with Gasteiger partial charge in [-0.1, -0.05) is 6.07 Å². The largest absolute Gasteiger partial charge is 0.467 e. The summed E-state index contributed by atoms with van der Waals surface area (Å²) in [6.07, 6.45) is -3.36. The highest BCUT2D eigenvalue weighted by Crippen LogP contribution is 2.20. The van der Waals surface area contributed by atoms with E-state index in [9.17, 15) is 24.6 Å². The third kappa shape index (κ3) is 2.46. The molecule has 0 aliphatic carbocycles. The molecule has 1 aromatic heterocycles. The second kappa shape index (κ2) is 5.27. The number of esters is 1. The van der Waals surface area contributed by atoms with Crippen molar-refractivity contribution in [2.24, 2.45) is 0 Å². The number of carbonyl (C=O) groups excluding carboxylic acids is 1. The zero-order valence-corrected chi connectivity index (χ0v) is 10.3. The number of aromatic amines is 1. The van der Waals surface area contributed by atoms with E-state index in [0.29, 0.717) is 0 Å². The summed E-state index contributed by atoms with van der Waals surface area (Å²) in [5, 5.41) is 19.4. The maximum Gasteiger partial charge on any atom is 0.419 e. The Balaban J connectivity index is 2.49. The van der Waals surface area contributed by atoms with Gasteiger partial charge in [0.05, 0.1) is 18.0 Å². The second-order valence-corrected chi connectivity index (χ2v) is 4.02. The Morgan fingerprint density at radius 3 is 2.70 bits per heavy atom. The van der Waals surface area contributed by atoms with Crippen LogP contribution in [0, 0.1) is 0 Å². The number of ether oxygens (including phenoxy) is 1. The number of hydrogen-bond acceptors (Lipinski definition) is 7. The van der Waals surface area contributed by atoms with Gasteiger partial charge in [0.15, 0.2) is 6.10 Å². The van der Waals surface area contributed by atoms with Crippen molar-refractivity contribution in [3.05, 3.63) is 44.7 Å². The normalized spacial score (nSPS) is 13.9. The fourth-order valence-electron chi connectivity index (χ4n) is 1.73. The maximum absolute atomic E-state index is 11.5. The number of hydrogen-bond donors (Lipinski definition) is 3. The van der Waals surface area contributed by atoms with Crippen molar-refractivity contribution < 1.29 is 24.2 Å².